The summed E-state index contributed by atoms with van der Waals surface area (Å²) in [5.41, 5.74) is 2.18. The zero-order valence-corrected chi connectivity index (χ0v) is 15.0. The van der Waals surface area contributed by atoms with Gasteiger partial charge in [-0.15, -0.1) is 0 Å². The third-order valence-corrected chi connectivity index (χ3v) is 5.50. The molecule has 3 fully saturated rings. The Balaban J connectivity index is 1.43. The van der Waals surface area contributed by atoms with Crippen LogP contribution in [0.15, 0.2) is 52.9 Å². The molecule has 0 N–H and O–H groups in total. The van der Waals surface area contributed by atoms with Crippen molar-refractivity contribution in [2.75, 3.05) is 26.2 Å². The molecule has 6 nitrogen and oxygen atoms in total. The molecule has 6 heteroatoms. The molecule has 3 saturated heterocycles. The molecule has 0 unspecified atom stereocenters. The third-order valence-electron chi connectivity index (χ3n) is 5.50. The maximum Gasteiger partial charge on any atom is 0.415 e. The number of nitrogens with zero attached hydrogens (tertiary/aromatic N) is 3. The van der Waals surface area contributed by atoms with Crippen molar-refractivity contribution in [1.29, 1.82) is 0 Å². The number of rotatable bonds is 2. The summed E-state index contributed by atoms with van der Waals surface area (Å²) >= 11 is 0. The zero-order valence-electron chi connectivity index (χ0n) is 15.0. The fraction of sp³-hybridized carbons (Fsp3) is 0.333. The first-order valence-corrected chi connectivity index (χ1v) is 9.44. The predicted octanol–water partition coefficient (Wildman–Crippen LogP) is 3.77. The largest absolute Gasteiger partial charge is 0.436 e. The van der Waals surface area contributed by atoms with E-state index in [1.54, 1.807) is 6.07 Å². The van der Waals surface area contributed by atoms with Crippen LogP contribution in [0.4, 0.5) is 4.79 Å². The van der Waals surface area contributed by atoms with E-state index in [0.717, 1.165) is 38.0 Å². The average molecular weight is 363 g/mol. The highest BCUT2D eigenvalue weighted by atomic mass is 16.6. The highest BCUT2D eigenvalue weighted by molar-refractivity contribution is 5.79. The maximum atomic E-state index is 12.9. The van der Waals surface area contributed by atoms with Crippen LogP contribution in [0.5, 0.6) is 5.75 Å². The first kappa shape index (κ1) is 16.3. The molecule has 0 aliphatic carbocycles. The fourth-order valence-electron chi connectivity index (χ4n) is 4.00. The normalized spacial score (nSPS) is 22.0. The van der Waals surface area contributed by atoms with Gasteiger partial charge < -0.3 is 19.0 Å². The van der Waals surface area contributed by atoms with E-state index in [1.807, 2.05) is 47.4 Å². The summed E-state index contributed by atoms with van der Waals surface area (Å²) in [7, 11) is 0. The highest BCUT2D eigenvalue weighted by Gasteiger charge is 2.33. The molecule has 3 aliphatic heterocycles. The first-order chi connectivity index (χ1) is 13.3. The molecule has 4 heterocycles. The Morgan fingerprint density at radius 3 is 2.63 bits per heavy atom. The van der Waals surface area contributed by atoms with Crippen molar-refractivity contribution < 1.29 is 13.9 Å². The highest BCUT2D eigenvalue weighted by Crippen LogP contribution is 2.32. The number of ether oxygens (including phenoxy) is 1. The van der Waals surface area contributed by atoms with E-state index in [0.29, 0.717) is 29.3 Å². The van der Waals surface area contributed by atoms with Gasteiger partial charge in [0, 0.05) is 32.2 Å². The molecule has 0 spiro atoms. The van der Waals surface area contributed by atoms with Gasteiger partial charge in [0.05, 0.1) is 5.56 Å². The van der Waals surface area contributed by atoms with E-state index in [-0.39, 0.29) is 12.1 Å². The van der Waals surface area contributed by atoms with E-state index in [2.05, 4.69) is 9.88 Å². The number of para-hydroxylation sites is 3. The lowest BCUT2D eigenvalue weighted by Crippen LogP contribution is -2.43. The van der Waals surface area contributed by atoms with E-state index in [1.165, 1.54) is 0 Å². The van der Waals surface area contributed by atoms with Crippen molar-refractivity contribution in [3.8, 4) is 17.2 Å². The number of oxazole rings is 1. The molecular weight excluding hydrogens is 342 g/mol. The lowest BCUT2D eigenvalue weighted by atomic mass is 10.1. The van der Waals surface area contributed by atoms with E-state index >= 15 is 0 Å². The van der Waals surface area contributed by atoms with E-state index in [4.69, 9.17) is 9.15 Å². The van der Waals surface area contributed by atoms with Crippen LogP contribution in [0.3, 0.4) is 0 Å². The number of hydrogen-bond acceptors (Lipinski definition) is 5. The van der Waals surface area contributed by atoms with Crippen LogP contribution < -0.4 is 4.74 Å². The van der Waals surface area contributed by atoms with Gasteiger partial charge in [0.2, 0.25) is 5.89 Å². The van der Waals surface area contributed by atoms with Crippen LogP contribution in [-0.2, 0) is 0 Å². The molecule has 1 aromatic heterocycles. The van der Waals surface area contributed by atoms with Gasteiger partial charge >= 0.3 is 6.09 Å². The van der Waals surface area contributed by atoms with Crippen LogP contribution in [-0.4, -0.2) is 53.1 Å². The summed E-state index contributed by atoms with van der Waals surface area (Å²) in [5.74, 6) is 0.940. The summed E-state index contributed by atoms with van der Waals surface area (Å²) in [6.07, 6.45) is 1.75. The minimum atomic E-state index is -0.285. The first-order valence-electron chi connectivity index (χ1n) is 9.44. The summed E-state index contributed by atoms with van der Waals surface area (Å²) < 4.78 is 11.7. The molecule has 3 aromatic rings. The minimum Gasteiger partial charge on any atom is -0.436 e. The number of amides is 1. The molecule has 138 valence electrons. The van der Waals surface area contributed by atoms with Crippen molar-refractivity contribution in [3.05, 3.63) is 48.5 Å². The Kier molecular flexibility index (Phi) is 4.05. The van der Waals surface area contributed by atoms with Crippen molar-refractivity contribution in [3.63, 3.8) is 0 Å². The molecule has 2 bridgehead atoms. The zero-order chi connectivity index (χ0) is 18.2. The molecule has 0 saturated carbocycles. The number of hydrogen-bond donors (Lipinski definition) is 0. The van der Waals surface area contributed by atoms with Gasteiger partial charge in [0.15, 0.2) is 5.58 Å². The third kappa shape index (κ3) is 3.06. The van der Waals surface area contributed by atoms with Crippen molar-refractivity contribution in [1.82, 2.24) is 14.8 Å². The molecular formula is C21H21N3O3. The molecule has 3 aliphatic rings. The van der Waals surface area contributed by atoms with Crippen LogP contribution in [0, 0.1) is 0 Å². The topological polar surface area (TPSA) is 58.8 Å². The van der Waals surface area contributed by atoms with Crippen molar-refractivity contribution >= 4 is 17.2 Å². The monoisotopic (exact) mass is 363 g/mol. The Hall–Kier alpha value is -2.86. The quantitative estimate of drug-likeness (QED) is 0.694. The standard InChI is InChI=1S/C21H21N3O3/c25-21(24-14-13-23-11-9-15(24)10-12-23)27-18-7-3-1-5-16(18)20-22-17-6-2-4-8-19(17)26-20/h1-8,15H,9-14H2. The Morgan fingerprint density at radius 2 is 1.78 bits per heavy atom. The number of carbonyl (C=O) groups is 1. The molecule has 0 atom stereocenters. The average Bonchev–Trinajstić information content (AvgIpc) is 2.90. The van der Waals surface area contributed by atoms with Gasteiger partial charge in [0.25, 0.3) is 0 Å². The second kappa shape index (κ2) is 6.70. The van der Waals surface area contributed by atoms with Gasteiger partial charge in [-0.05, 0) is 37.1 Å². The van der Waals surface area contributed by atoms with Crippen LogP contribution >= 0.6 is 0 Å². The lowest BCUT2D eigenvalue weighted by Gasteiger charge is -2.30. The SMILES string of the molecule is O=C(Oc1ccccc1-c1nc2ccccc2o1)N1CCN2CCC1CC2. The van der Waals surface area contributed by atoms with E-state index in [9.17, 15) is 4.79 Å². The van der Waals surface area contributed by atoms with Crippen molar-refractivity contribution in [2.24, 2.45) is 0 Å². The van der Waals surface area contributed by atoms with Gasteiger partial charge in [-0.3, -0.25) is 0 Å². The number of carbonyl (C=O) groups excluding carboxylic acids is 1. The van der Waals surface area contributed by atoms with Gasteiger partial charge in [-0.25, -0.2) is 9.78 Å². The molecule has 2 aromatic carbocycles. The summed E-state index contributed by atoms with van der Waals surface area (Å²) in [4.78, 5) is 21.7. The lowest BCUT2D eigenvalue weighted by molar-refractivity contribution is 0.131. The van der Waals surface area contributed by atoms with Crippen LogP contribution in [0.2, 0.25) is 0 Å². The number of piperidine rings is 1. The van der Waals surface area contributed by atoms with E-state index < -0.39 is 0 Å². The van der Waals surface area contributed by atoms with Gasteiger partial charge in [-0.1, -0.05) is 24.3 Å². The molecule has 0 radical (unpaired) electrons. The molecule has 1 amide bonds. The minimum absolute atomic E-state index is 0.271. The Labute approximate surface area is 157 Å². The smallest absolute Gasteiger partial charge is 0.415 e. The van der Waals surface area contributed by atoms with Crippen LogP contribution in [0.25, 0.3) is 22.6 Å². The number of benzene rings is 2. The molecule has 6 rings (SSSR count). The van der Waals surface area contributed by atoms with Crippen LogP contribution in [0.1, 0.15) is 12.8 Å². The van der Waals surface area contributed by atoms with Crippen molar-refractivity contribution in [2.45, 2.75) is 18.9 Å². The maximum absolute atomic E-state index is 12.9. The summed E-state index contributed by atoms with van der Waals surface area (Å²) in [6, 6.07) is 15.3. The van der Waals surface area contributed by atoms with Gasteiger partial charge in [-0.2, -0.15) is 0 Å². The second-order valence-electron chi connectivity index (χ2n) is 7.12. The number of fused-ring (bicyclic) bond motifs is 5. The van der Waals surface area contributed by atoms with Gasteiger partial charge in [0.1, 0.15) is 11.3 Å². The Bertz CT molecular complexity index is 942. The predicted molar refractivity (Wildman–Crippen MR) is 102 cm³/mol. The second-order valence-corrected chi connectivity index (χ2v) is 7.12. The summed E-state index contributed by atoms with van der Waals surface area (Å²) in [5, 5.41) is 0. The fourth-order valence-corrected chi connectivity index (χ4v) is 4.00. The molecule has 27 heavy (non-hydrogen) atoms. The number of aromatic nitrogens is 1. The Morgan fingerprint density at radius 1 is 1.00 bits per heavy atom. The summed E-state index contributed by atoms with van der Waals surface area (Å²) in [6.45, 7) is 3.76.